The number of nitrogens with one attached hydrogen (secondary N) is 1. The van der Waals surface area contributed by atoms with Crippen molar-refractivity contribution in [3.63, 3.8) is 0 Å². The monoisotopic (exact) mass is 328 g/mol. The molecule has 0 atom stereocenters. The van der Waals surface area contributed by atoms with Gasteiger partial charge in [-0.25, -0.2) is 4.39 Å². The summed E-state index contributed by atoms with van der Waals surface area (Å²) >= 11 is 3.29. The molecule has 2 rings (SSSR count). The number of aromatic nitrogens is 3. The number of halogens is 2. The zero-order valence-corrected chi connectivity index (χ0v) is 11.8. The van der Waals surface area contributed by atoms with E-state index in [2.05, 4.69) is 31.6 Å². The molecule has 0 aliphatic heterocycles. The van der Waals surface area contributed by atoms with Crippen LogP contribution < -0.4 is 5.32 Å². The highest BCUT2D eigenvalue weighted by atomic mass is 79.9. The quantitative estimate of drug-likeness (QED) is 0.853. The van der Waals surface area contributed by atoms with Gasteiger partial charge in [-0.1, -0.05) is 5.21 Å². The van der Waals surface area contributed by atoms with E-state index in [1.165, 1.54) is 12.1 Å². The smallest absolute Gasteiger partial charge is 0.124 e. The minimum atomic E-state index is -0.285. The average molecular weight is 329 g/mol. The molecule has 0 amide bonds. The van der Waals surface area contributed by atoms with Crippen LogP contribution in [-0.2, 0) is 13.1 Å². The SMILES string of the molecule is OCCCn1cc(CNc2ccc(F)cc2Br)nn1. The Morgan fingerprint density at radius 3 is 3.00 bits per heavy atom. The second kappa shape index (κ2) is 6.63. The molecule has 0 aliphatic carbocycles. The fourth-order valence-electron chi connectivity index (χ4n) is 1.58. The fraction of sp³-hybridized carbons (Fsp3) is 0.333. The predicted octanol–water partition coefficient (Wildman–Crippen LogP) is 2.17. The topological polar surface area (TPSA) is 63.0 Å². The van der Waals surface area contributed by atoms with Crippen LogP contribution in [-0.4, -0.2) is 26.7 Å². The molecule has 0 bridgehead atoms. The molecule has 102 valence electrons. The first-order chi connectivity index (χ1) is 9.19. The van der Waals surface area contributed by atoms with Gasteiger partial charge in [0.1, 0.15) is 11.5 Å². The largest absolute Gasteiger partial charge is 0.396 e. The van der Waals surface area contributed by atoms with Gasteiger partial charge >= 0.3 is 0 Å². The molecular formula is C12H14BrFN4O. The zero-order chi connectivity index (χ0) is 13.7. The first kappa shape index (κ1) is 14.0. The lowest BCUT2D eigenvalue weighted by atomic mass is 10.3. The Balaban J connectivity index is 1.92. The maximum atomic E-state index is 12.9. The van der Waals surface area contributed by atoms with Crippen LogP contribution in [0.25, 0.3) is 0 Å². The van der Waals surface area contributed by atoms with E-state index in [9.17, 15) is 4.39 Å². The van der Waals surface area contributed by atoms with Crippen LogP contribution in [0.3, 0.4) is 0 Å². The van der Waals surface area contributed by atoms with Gasteiger partial charge in [0.05, 0.1) is 12.7 Å². The normalized spacial score (nSPS) is 10.7. The van der Waals surface area contributed by atoms with Crippen molar-refractivity contribution in [2.24, 2.45) is 0 Å². The number of aryl methyl sites for hydroxylation is 1. The zero-order valence-electron chi connectivity index (χ0n) is 10.2. The molecule has 0 saturated carbocycles. The number of rotatable bonds is 6. The van der Waals surface area contributed by atoms with Crippen LogP contribution in [0.2, 0.25) is 0 Å². The van der Waals surface area contributed by atoms with Gasteiger partial charge in [0.15, 0.2) is 0 Å². The number of aliphatic hydroxyl groups is 1. The Hall–Kier alpha value is -1.47. The van der Waals surface area contributed by atoms with Crippen LogP contribution >= 0.6 is 15.9 Å². The molecule has 0 spiro atoms. The summed E-state index contributed by atoms with van der Waals surface area (Å²) < 4.78 is 15.3. The Bertz CT molecular complexity index is 546. The number of aliphatic hydroxyl groups excluding tert-OH is 1. The highest BCUT2D eigenvalue weighted by molar-refractivity contribution is 9.10. The van der Waals surface area contributed by atoms with Crippen molar-refractivity contribution in [2.45, 2.75) is 19.5 Å². The van der Waals surface area contributed by atoms with Gasteiger partial charge in [0, 0.05) is 23.3 Å². The molecule has 0 radical (unpaired) electrons. The second-order valence-electron chi connectivity index (χ2n) is 4.03. The van der Waals surface area contributed by atoms with Crippen molar-refractivity contribution < 1.29 is 9.50 Å². The van der Waals surface area contributed by atoms with Crippen molar-refractivity contribution in [3.05, 3.63) is 40.4 Å². The maximum absolute atomic E-state index is 12.9. The van der Waals surface area contributed by atoms with Gasteiger partial charge in [-0.2, -0.15) is 0 Å². The number of hydrogen-bond acceptors (Lipinski definition) is 4. The molecule has 2 aromatic rings. The number of hydrogen-bond donors (Lipinski definition) is 2. The standard InChI is InChI=1S/C12H14BrFN4O/c13-11-6-9(14)2-3-12(11)15-7-10-8-18(17-16-10)4-1-5-19/h2-3,6,8,15,19H,1,4-5,7H2. The van der Waals surface area contributed by atoms with Crippen LogP contribution in [0.4, 0.5) is 10.1 Å². The van der Waals surface area contributed by atoms with Gasteiger partial charge in [-0.05, 0) is 40.5 Å². The summed E-state index contributed by atoms with van der Waals surface area (Å²) in [7, 11) is 0. The molecule has 0 fully saturated rings. The Morgan fingerprint density at radius 2 is 2.26 bits per heavy atom. The van der Waals surface area contributed by atoms with Crippen LogP contribution in [0.5, 0.6) is 0 Å². The van der Waals surface area contributed by atoms with Crippen LogP contribution in [0, 0.1) is 5.82 Å². The van der Waals surface area contributed by atoms with E-state index < -0.39 is 0 Å². The molecule has 0 unspecified atom stereocenters. The van der Waals surface area contributed by atoms with Crippen molar-refractivity contribution in [2.75, 3.05) is 11.9 Å². The number of benzene rings is 1. The first-order valence-electron chi connectivity index (χ1n) is 5.88. The summed E-state index contributed by atoms with van der Waals surface area (Å²) in [5.41, 5.74) is 1.58. The lowest BCUT2D eigenvalue weighted by Crippen LogP contribution is -2.01. The minimum Gasteiger partial charge on any atom is -0.396 e. The second-order valence-corrected chi connectivity index (χ2v) is 4.88. The lowest BCUT2D eigenvalue weighted by molar-refractivity contribution is 0.276. The van der Waals surface area contributed by atoms with Gasteiger partial charge in [-0.3, -0.25) is 4.68 Å². The van der Waals surface area contributed by atoms with Crippen molar-refractivity contribution in [3.8, 4) is 0 Å². The average Bonchev–Trinajstić information content (AvgIpc) is 2.83. The first-order valence-corrected chi connectivity index (χ1v) is 6.67. The van der Waals surface area contributed by atoms with Crippen molar-refractivity contribution in [1.82, 2.24) is 15.0 Å². The third kappa shape index (κ3) is 4.00. The van der Waals surface area contributed by atoms with Crippen LogP contribution in [0.15, 0.2) is 28.9 Å². The van der Waals surface area contributed by atoms with Gasteiger partial charge < -0.3 is 10.4 Å². The Labute approximate surface area is 118 Å². The van der Waals surface area contributed by atoms with E-state index in [0.29, 0.717) is 24.0 Å². The Kier molecular flexibility index (Phi) is 4.86. The number of nitrogens with zero attached hydrogens (tertiary/aromatic N) is 3. The maximum Gasteiger partial charge on any atom is 0.124 e. The van der Waals surface area contributed by atoms with Gasteiger partial charge in [-0.15, -0.1) is 5.10 Å². The summed E-state index contributed by atoms with van der Waals surface area (Å²) in [6.45, 7) is 1.28. The fourth-order valence-corrected chi connectivity index (χ4v) is 2.07. The summed E-state index contributed by atoms with van der Waals surface area (Å²) in [4.78, 5) is 0. The summed E-state index contributed by atoms with van der Waals surface area (Å²) in [5.74, 6) is -0.285. The third-order valence-corrected chi connectivity index (χ3v) is 3.18. The molecule has 1 aromatic heterocycles. The highest BCUT2D eigenvalue weighted by Gasteiger charge is 2.04. The van der Waals surface area contributed by atoms with E-state index in [1.54, 1.807) is 10.7 Å². The van der Waals surface area contributed by atoms with E-state index in [1.807, 2.05) is 6.20 Å². The van der Waals surface area contributed by atoms with Crippen LogP contribution in [0.1, 0.15) is 12.1 Å². The molecule has 0 saturated heterocycles. The lowest BCUT2D eigenvalue weighted by Gasteiger charge is -2.06. The molecule has 1 aromatic carbocycles. The van der Waals surface area contributed by atoms with Crippen molar-refractivity contribution >= 4 is 21.6 Å². The van der Waals surface area contributed by atoms with Crippen molar-refractivity contribution in [1.29, 1.82) is 0 Å². The molecule has 5 nitrogen and oxygen atoms in total. The van der Waals surface area contributed by atoms with E-state index in [0.717, 1.165) is 11.4 Å². The molecule has 1 heterocycles. The predicted molar refractivity (Wildman–Crippen MR) is 73.2 cm³/mol. The van der Waals surface area contributed by atoms with E-state index in [-0.39, 0.29) is 12.4 Å². The molecular weight excluding hydrogens is 315 g/mol. The summed E-state index contributed by atoms with van der Waals surface area (Å²) in [5, 5.41) is 19.8. The Morgan fingerprint density at radius 1 is 1.42 bits per heavy atom. The summed E-state index contributed by atoms with van der Waals surface area (Å²) in [6.07, 6.45) is 2.47. The van der Waals surface area contributed by atoms with E-state index in [4.69, 9.17) is 5.11 Å². The summed E-state index contributed by atoms with van der Waals surface area (Å²) in [6, 6.07) is 4.46. The van der Waals surface area contributed by atoms with Gasteiger partial charge in [0.2, 0.25) is 0 Å². The molecule has 19 heavy (non-hydrogen) atoms. The molecule has 2 N–H and O–H groups in total. The molecule has 0 aliphatic rings. The van der Waals surface area contributed by atoms with E-state index >= 15 is 0 Å². The molecule has 7 heteroatoms. The third-order valence-electron chi connectivity index (χ3n) is 2.52. The van der Waals surface area contributed by atoms with Gasteiger partial charge in [0.25, 0.3) is 0 Å². The highest BCUT2D eigenvalue weighted by Crippen LogP contribution is 2.23. The number of anilines is 1. The minimum absolute atomic E-state index is 0.135.